The Labute approximate surface area is 228 Å². The summed E-state index contributed by atoms with van der Waals surface area (Å²) in [4.78, 5) is 26.4. The van der Waals surface area contributed by atoms with Crippen molar-refractivity contribution in [1.82, 2.24) is 14.8 Å². The molecule has 37 heavy (non-hydrogen) atoms. The molecular weight excluding hydrogens is 532 g/mol. The summed E-state index contributed by atoms with van der Waals surface area (Å²) >= 11 is 8.77. The number of methoxy groups -OCH3 is 1. The highest BCUT2D eigenvalue weighted by atomic mass is 35.5. The van der Waals surface area contributed by atoms with Gasteiger partial charge in [-0.15, -0.1) is 21.5 Å². The SMILES string of the molecule is COC(=O)c1c(NC(=O)CSc2nnc(COc3cc(C)ccc3Cl)n2C)sc(C)c1-c1ccccc1. The first-order valence-corrected chi connectivity index (χ1v) is 13.4. The van der Waals surface area contributed by atoms with E-state index in [2.05, 4.69) is 15.5 Å². The van der Waals surface area contributed by atoms with Gasteiger partial charge in [0.05, 0.1) is 17.9 Å². The Morgan fingerprint density at radius 1 is 1.14 bits per heavy atom. The fraction of sp³-hybridized carbons (Fsp3) is 0.231. The van der Waals surface area contributed by atoms with E-state index in [9.17, 15) is 9.59 Å². The van der Waals surface area contributed by atoms with Gasteiger partial charge in [-0.3, -0.25) is 4.79 Å². The molecule has 1 N–H and O–H groups in total. The monoisotopic (exact) mass is 556 g/mol. The first-order valence-electron chi connectivity index (χ1n) is 11.3. The van der Waals surface area contributed by atoms with Crippen LogP contribution in [0.2, 0.25) is 5.02 Å². The summed E-state index contributed by atoms with van der Waals surface area (Å²) in [5, 5.41) is 12.8. The normalized spacial score (nSPS) is 10.8. The molecule has 0 unspecified atom stereocenters. The molecular formula is C26H25ClN4O4S2. The van der Waals surface area contributed by atoms with E-state index in [-0.39, 0.29) is 18.3 Å². The number of aromatic nitrogens is 3. The Morgan fingerprint density at radius 2 is 1.89 bits per heavy atom. The van der Waals surface area contributed by atoms with Crippen LogP contribution in [0.25, 0.3) is 11.1 Å². The largest absolute Gasteiger partial charge is 0.484 e. The minimum atomic E-state index is -0.502. The molecule has 2 heterocycles. The van der Waals surface area contributed by atoms with Crippen LogP contribution in [0, 0.1) is 13.8 Å². The maximum absolute atomic E-state index is 12.8. The maximum Gasteiger partial charge on any atom is 0.341 e. The van der Waals surface area contributed by atoms with E-state index in [0.717, 1.165) is 21.6 Å². The van der Waals surface area contributed by atoms with Crippen LogP contribution in [0.4, 0.5) is 5.00 Å². The number of hydrogen-bond acceptors (Lipinski definition) is 8. The Kier molecular flexibility index (Phi) is 8.52. The number of halogens is 1. The molecule has 11 heteroatoms. The number of esters is 1. The van der Waals surface area contributed by atoms with Gasteiger partial charge in [0, 0.05) is 17.5 Å². The van der Waals surface area contributed by atoms with Gasteiger partial charge in [0.2, 0.25) is 5.91 Å². The molecule has 4 rings (SSSR count). The molecule has 4 aromatic rings. The van der Waals surface area contributed by atoms with Crippen molar-refractivity contribution in [3.8, 4) is 16.9 Å². The number of thiophene rings is 1. The van der Waals surface area contributed by atoms with Crippen LogP contribution in [-0.4, -0.2) is 39.5 Å². The Morgan fingerprint density at radius 3 is 2.62 bits per heavy atom. The third-order valence-electron chi connectivity index (χ3n) is 5.49. The molecule has 2 aromatic carbocycles. The van der Waals surface area contributed by atoms with Crippen molar-refractivity contribution in [3.05, 3.63) is 75.4 Å². The summed E-state index contributed by atoms with van der Waals surface area (Å²) in [7, 11) is 3.13. The highest BCUT2D eigenvalue weighted by Gasteiger charge is 2.25. The standard InChI is InChI=1S/C26H25ClN4O4S2/c1-15-10-11-18(27)19(12-15)35-13-20-29-30-26(31(20)3)36-14-21(32)28-24-23(25(33)34-4)22(16(2)37-24)17-8-6-5-7-9-17/h5-12H,13-14H2,1-4H3,(H,28,32). The maximum atomic E-state index is 12.8. The summed E-state index contributed by atoms with van der Waals surface area (Å²) in [6.07, 6.45) is 0. The second-order valence-corrected chi connectivity index (χ2v) is 10.7. The van der Waals surface area contributed by atoms with Gasteiger partial charge in [-0.25, -0.2) is 4.79 Å². The van der Waals surface area contributed by atoms with Crippen LogP contribution in [0.1, 0.15) is 26.6 Å². The zero-order valence-corrected chi connectivity index (χ0v) is 23.1. The molecule has 0 atom stereocenters. The molecule has 192 valence electrons. The second-order valence-electron chi connectivity index (χ2n) is 8.11. The van der Waals surface area contributed by atoms with Crippen molar-refractivity contribution in [2.24, 2.45) is 7.05 Å². The fourth-order valence-corrected chi connectivity index (χ4v) is 5.62. The number of carbonyl (C=O) groups excluding carboxylic acids is 2. The molecule has 0 saturated carbocycles. The van der Waals surface area contributed by atoms with E-state index in [1.165, 1.54) is 30.2 Å². The molecule has 1 amide bonds. The van der Waals surface area contributed by atoms with Gasteiger partial charge in [-0.1, -0.05) is 59.8 Å². The summed E-state index contributed by atoms with van der Waals surface area (Å²) in [5.74, 6) is 0.464. The quantitative estimate of drug-likeness (QED) is 0.202. The van der Waals surface area contributed by atoms with Crippen molar-refractivity contribution in [2.45, 2.75) is 25.6 Å². The Balaban J connectivity index is 1.43. The average molecular weight is 557 g/mol. The van der Waals surface area contributed by atoms with Gasteiger partial charge >= 0.3 is 5.97 Å². The average Bonchev–Trinajstić information content (AvgIpc) is 3.41. The predicted molar refractivity (Wildman–Crippen MR) is 147 cm³/mol. The molecule has 0 spiro atoms. The van der Waals surface area contributed by atoms with Gasteiger partial charge in [-0.05, 0) is 37.1 Å². The molecule has 0 fully saturated rings. The second kappa shape index (κ2) is 11.8. The number of hydrogen-bond donors (Lipinski definition) is 1. The van der Waals surface area contributed by atoms with Crippen molar-refractivity contribution >= 4 is 51.6 Å². The van der Waals surface area contributed by atoms with Gasteiger partial charge in [-0.2, -0.15) is 0 Å². The number of ether oxygens (including phenoxy) is 2. The van der Waals surface area contributed by atoms with Gasteiger partial charge in [0.15, 0.2) is 11.0 Å². The van der Waals surface area contributed by atoms with Gasteiger partial charge in [0.25, 0.3) is 0 Å². The van der Waals surface area contributed by atoms with E-state index < -0.39 is 5.97 Å². The number of benzene rings is 2. The first-order chi connectivity index (χ1) is 17.8. The van der Waals surface area contributed by atoms with Crippen LogP contribution in [0.3, 0.4) is 0 Å². The molecule has 2 aromatic heterocycles. The zero-order valence-electron chi connectivity index (χ0n) is 20.7. The zero-order chi connectivity index (χ0) is 26.5. The molecule has 0 aliphatic heterocycles. The summed E-state index contributed by atoms with van der Waals surface area (Å²) < 4.78 is 12.6. The number of thioether (sulfide) groups is 1. The smallest absolute Gasteiger partial charge is 0.341 e. The van der Waals surface area contributed by atoms with Crippen LogP contribution < -0.4 is 10.1 Å². The van der Waals surface area contributed by atoms with E-state index in [4.69, 9.17) is 21.1 Å². The first kappa shape index (κ1) is 26.7. The van der Waals surface area contributed by atoms with Gasteiger partial charge in [0.1, 0.15) is 22.9 Å². The van der Waals surface area contributed by atoms with E-state index in [1.54, 1.807) is 17.7 Å². The number of anilines is 1. The summed E-state index contributed by atoms with van der Waals surface area (Å²) in [5.41, 5.74) is 3.02. The molecule has 8 nitrogen and oxygen atoms in total. The third kappa shape index (κ3) is 6.15. The van der Waals surface area contributed by atoms with Crippen molar-refractivity contribution in [3.63, 3.8) is 0 Å². The minimum Gasteiger partial charge on any atom is -0.484 e. The van der Waals surface area contributed by atoms with E-state index in [1.807, 2.05) is 56.3 Å². The Hall–Kier alpha value is -3.34. The predicted octanol–water partition coefficient (Wildman–Crippen LogP) is 5.91. The summed E-state index contributed by atoms with van der Waals surface area (Å²) in [6, 6.07) is 15.1. The number of nitrogens with one attached hydrogen (secondary N) is 1. The number of aryl methyl sites for hydroxylation is 2. The van der Waals surface area contributed by atoms with E-state index in [0.29, 0.717) is 32.3 Å². The lowest BCUT2D eigenvalue weighted by molar-refractivity contribution is -0.113. The fourth-order valence-electron chi connectivity index (χ4n) is 3.63. The molecule has 0 radical (unpaired) electrons. The van der Waals surface area contributed by atoms with Crippen molar-refractivity contribution in [1.29, 1.82) is 0 Å². The lowest BCUT2D eigenvalue weighted by Gasteiger charge is -2.09. The summed E-state index contributed by atoms with van der Waals surface area (Å²) in [6.45, 7) is 4.05. The highest BCUT2D eigenvalue weighted by molar-refractivity contribution is 7.99. The molecule has 0 aliphatic rings. The number of amides is 1. The molecule has 0 saturated heterocycles. The van der Waals surface area contributed by atoms with Crippen LogP contribution in [0.5, 0.6) is 5.75 Å². The van der Waals surface area contributed by atoms with Crippen LogP contribution in [-0.2, 0) is 23.2 Å². The number of rotatable bonds is 9. The lowest BCUT2D eigenvalue weighted by atomic mass is 10.0. The highest BCUT2D eigenvalue weighted by Crippen LogP contribution is 2.40. The molecule has 0 aliphatic carbocycles. The minimum absolute atomic E-state index is 0.0781. The lowest BCUT2D eigenvalue weighted by Crippen LogP contribution is -2.16. The number of nitrogens with zero attached hydrogens (tertiary/aromatic N) is 3. The third-order valence-corrected chi connectivity index (χ3v) is 7.84. The van der Waals surface area contributed by atoms with Crippen LogP contribution >= 0.6 is 34.7 Å². The number of carbonyl (C=O) groups is 2. The Bertz CT molecular complexity index is 1440. The van der Waals surface area contributed by atoms with E-state index >= 15 is 0 Å². The van der Waals surface area contributed by atoms with Gasteiger partial charge < -0.3 is 19.4 Å². The van der Waals surface area contributed by atoms with Crippen molar-refractivity contribution < 1.29 is 19.1 Å². The molecule has 0 bridgehead atoms. The van der Waals surface area contributed by atoms with Crippen molar-refractivity contribution in [2.75, 3.05) is 18.2 Å². The topological polar surface area (TPSA) is 95.3 Å². The van der Waals surface area contributed by atoms with Crippen LogP contribution in [0.15, 0.2) is 53.7 Å².